The van der Waals surface area contributed by atoms with Gasteiger partial charge in [-0.2, -0.15) is 0 Å². The first-order valence-electron chi connectivity index (χ1n) is 4.37. The molecule has 1 aromatic rings. The van der Waals surface area contributed by atoms with Crippen LogP contribution in [0.3, 0.4) is 0 Å². The number of benzene rings is 1. The number of hydrogen-bond acceptors (Lipinski definition) is 4. The maximum absolute atomic E-state index is 10.5. The van der Waals surface area contributed by atoms with Crippen molar-refractivity contribution in [2.45, 2.75) is 0 Å². The summed E-state index contributed by atoms with van der Waals surface area (Å²) in [4.78, 5) is 10.5. The smallest absolute Gasteiger partial charge is 0.316 e. The van der Waals surface area contributed by atoms with E-state index < -0.39 is 6.03 Å². The number of ether oxygens (including phenoxy) is 1. The number of carbonyl (C=O) groups excluding carboxylic acids is 1. The molecule has 0 aromatic heterocycles. The Bertz CT molecular complexity index is 388. The van der Waals surface area contributed by atoms with Gasteiger partial charge in [-0.3, -0.25) is 0 Å². The van der Waals surface area contributed by atoms with Crippen LogP contribution in [0.1, 0.15) is 0 Å². The van der Waals surface area contributed by atoms with Crippen molar-refractivity contribution in [1.82, 2.24) is 0 Å². The Hall–Kier alpha value is -2.44. The van der Waals surface area contributed by atoms with Crippen LogP contribution in [-0.2, 0) is 0 Å². The maximum Gasteiger partial charge on any atom is 0.316 e. The van der Waals surface area contributed by atoms with E-state index in [2.05, 4.69) is 10.5 Å². The molecule has 0 unspecified atom stereocenters. The van der Waals surface area contributed by atoms with Crippen molar-refractivity contribution in [1.29, 1.82) is 0 Å². The minimum absolute atomic E-state index is 0.0148. The molecule has 0 radical (unpaired) electrons. The Morgan fingerprint density at radius 3 is 2.50 bits per heavy atom. The second kappa shape index (κ2) is 5.44. The van der Waals surface area contributed by atoms with E-state index in [0.717, 1.165) is 0 Å². The first kappa shape index (κ1) is 11.6. The van der Waals surface area contributed by atoms with Gasteiger partial charge in [-0.25, -0.2) is 4.79 Å². The fourth-order valence-corrected chi connectivity index (χ4v) is 0.963. The van der Waals surface area contributed by atoms with E-state index in [1.54, 1.807) is 24.3 Å². The van der Waals surface area contributed by atoms with Crippen LogP contribution >= 0.6 is 0 Å². The first-order chi connectivity index (χ1) is 7.61. The van der Waals surface area contributed by atoms with E-state index >= 15 is 0 Å². The summed E-state index contributed by atoms with van der Waals surface area (Å²) in [5.74, 6) is 0.501. The maximum atomic E-state index is 10.5. The summed E-state index contributed by atoms with van der Waals surface area (Å²) in [5.41, 5.74) is 10.7. The molecule has 0 spiro atoms. The van der Waals surface area contributed by atoms with Gasteiger partial charge in [0.25, 0.3) is 0 Å². The van der Waals surface area contributed by atoms with Gasteiger partial charge < -0.3 is 26.7 Å². The second-order valence-electron chi connectivity index (χ2n) is 2.89. The van der Waals surface area contributed by atoms with Crippen molar-refractivity contribution >= 4 is 17.6 Å². The molecule has 0 aliphatic carbocycles. The molecule has 0 fully saturated rings. The molecular formula is C9H12N4O3. The van der Waals surface area contributed by atoms with Gasteiger partial charge in [-0.15, -0.1) is 0 Å². The first-order valence-corrected chi connectivity index (χ1v) is 4.37. The van der Waals surface area contributed by atoms with Gasteiger partial charge in [-0.05, 0) is 24.3 Å². The van der Waals surface area contributed by atoms with Crippen molar-refractivity contribution in [2.24, 2.45) is 16.6 Å². The second-order valence-corrected chi connectivity index (χ2v) is 2.89. The normalized spacial score (nSPS) is 10.9. The summed E-state index contributed by atoms with van der Waals surface area (Å²) in [6.07, 6.45) is 0. The Kier molecular flexibility index (Phi) is 3.96. The van der Waals surface area contributed by atoms with E-state index in [1.165, 1.54) is 0 Å². The van der Waals surface area contributed by atoms with Crippen LogP contribution in [0.2, 0.25) is 0 Å². The Balaban J connectivity index is 2.54. The highest BCUT2D eigenvalue weighted by Gasteiger charge is 1.98. The number of oxime groups is 1. The Morgan fingerprint density at radius 1 is 1.38 bits per heavy atom. The Labute approximate surface area is 91.7 Å². The number of hydrogen-bond donors (Lipinski definition) is 4. The highest BCUT2D eigenvalue weighted by atomic mass is 16.5. The molecule has 6 N–H and O–H groups in total. The molecule has 16 heavy (non-hydrogen) atoms. The van der Waals surface area contributed by atoms with E-state index in [-0.39, 0.29) is 12.4 Å². The summed E-state index contributed by atoms with van der Waals surface area (Å²) in [6, 6.07) is 5.84. The quantitative estimate of drug-likeness (QED) is 0.254. The van der Waals surface area contributed by atoms with Gasteiger partial charge in [-0.1, -0.05) is 5.16 Å². The number of rotatable bonds is 4. The van der Waals surface area contributed by atoms with Crippen molar-refractivity contribution in [2.75, 3.05) is 11.9 Å². The number of nitrogens with two attached hydrogens (primary N) is 2. The molecule has 0 aliphatic heterocycles. The summed E-state index contributed by atoms with van der Waals surface area (Å²) >= 11 is 0. The fraction of sp³-hybridized carbons (Fsp3) is 0.111. The van der Waals surface area contributed by atoms with Crippen LogP contribution in [0.5, 0.6) is 5.75 Å². The largest absolute Gasteiger partial charge is 0.486 e. The predicted octanol–water partition coefficient (Wildman–Crippen LogP) is 0.302. The van der Waals surface area contributed by atoms with Gasteiger partial charge in [0.1, 0.15) is 12.4 Å². The number of carbonyl (C=O) groups is 1. The number of amidine groups is 1. The molecule has 0 heterocycles. The minimum atomic E-state index is -0.634. The lowest BCUT2D eigenvalue weighted by Crippen LogP contribution is -2.21. The van der Waals surface area contributed by atoms with Crippen LogP contribution in [0.4, 0.5) is 10.5 Å². The van der Waals surface area contributed by atoms with Crippen LogP contribution < -0.4 is 21.5 Å². The fourth-order valence-electron chi connectivity index (χ4n) is 0.963. The van der Waals surface area contributed by atoms with Crippen LogP contribution in [0.25, 0.3) is 0 Å². The van der Waals surface area contributed by atoms with E-state index in [4.69, 9.17) is 21.4 Å². The summed E-state index contributed by atoms with van der Waals surface area (Å²) in [5, 5.41) is 13.4. The minimum Gasteiger partial charge on any atom is -0.486 e. The number of nitrogens with one attached hydrogen (secondary N) is 1. The van der Waals surface area contributed by atoms with Gasteiger partial charge in [0, 0.05) is 5.69 Å². The molecule has 0 aliphatic rings. The van der Waals surface area contributed by atoms with Gasteiger partial charge >= 0.3 is 6.03 Å². The zero-order valence-electron chi connectivity index (χ0n) is 8.38. The molecule has 7 nitrogen and oxygen atoms in total. The molecular weight excluding hydrogens is 212 g/mol. The van der Waals surface area contributed by atoms with E-state index in [9.17, 15) is 4.79 Å². The molecule has 7 heteroatoms. The molecule has 2 amide bonds. The number of anilines is 1. The monoisotopic (exact) mass is 224 g/mol. The van der Waals surface area contributed by atoms with Crippen molar-refractivity contribution < 1.29 is 14.7 Å². The standard InChI is InChI=1S/C9H12N4O3/c10-8(13-15)5-16-7-3-1-6(2-4-7)12-9(11)14/h1-4,15H,5H2,(H2,10,13)(H3,11,12,14). The van der Waals surface area contributed by atoms with Crippen LogP contribution in [-0.4, -0.2) is 23.7 Å². The number of urea groups is 1. The molecule has 0 atom stereocenters. The van der Waals surface area contributed by atoms with Gasteiger partial charge in [0.2, 0.25) is 0 Å². The lowest BCUT2D eigenvalue weighted by Gasteiger charge is -2.06. The summed E-state index contributed by atoms with van der Waals surface area (Å²) < 4.78 is 5.16. The third-order valence-electron chi connectivity index (χ3n) is 1.64. The van der Waals surface area contributed by atoms with Crippen molar-refractivity contribution in [3.63, 3.8) is 0 Å². The number of amides is 2. The molecule has 86 valence electrons. The van der Waals surface area contributed by atoms with Crippen molar-refractivity contribution in [3.05, 3.63) is 24.3 Å². The predicted molar refractivity (Wildman–Crippen MR) is 58.6 cm³/mol. The zero-order chi connectivity index (χ0) is 12.0. The average Bonchev–Trinajstić information content (AvgIpc) is 2.27. The van der Waals surface area contributed by atoms with Crippen LogP contribution in [0, 0.1) is 0 Å². The molecule has 1 rings (SSSR count). The summed E-state index contributed by atoms with van der Waals surface area (Å²) in [6.45, 7) is -0.0148. The number of nitrogens with zero attached hydrogens (tertiary/aromatic N) is 1. The molecule has 0 bridgehead atoms. The highest BCUT2D eigenvalue weighted by Crippen LogP contribution is 2.15. The van der Waals surface area contributed by atoms with Gasteiger partial charge in [0.15, 0.2) is 5.84 Å². The Morgan fingerprint density at radius 2 is 2.00 bits per heavy atom. The lowest BCUT2D eigenvalue weighted by molar-refractivity contribution is 0.259. The lowest BCUT2D eigenvalue weighted by atomic mass is 10.3. The third kappa shape index (κ3) is 3.74. The highest BCUT2D eigenvalue weighted by molar-refractivity contribution is 5.87. The number of primary amides is 1. The summed E-state index contributed by atoms with van der Waals surface area (Å²) in [7, 11) is 0. The zero-order valence-corrected chi connectivity index (χ0v) is 8.38. The SMILES string of the molecule is NC(=O)Nc1ccc(OC/C(N)=N/O)cc1. The average molecular weight is 224 g/mol. The molecule has 0 saturated carbocycles. The van der Waals surface area contributed by atoms with E-state index in [1.807, 2.05) is 0 Å². The van der Waals surface area contributed by atoms with Gasteiger partial charge in [0.05, 0.1) is 0 Å². The van der Waals surface area contributed by atoms with E-state index in [0.29, 0.717) is 11.4 Å². The molecule has 0 saturated heterocycles. The topological polar surface area (TPSA) is 123 Å². The molecule has 1 aromatic carbocycles. The third-order valence-corrected chi connectivity index (χ3v) is 1.64. The van der Waals surface area contributed by atoms with Crippen LogP contribution in [0.15, 0.2) is 29.4 Å². The van der Waals surface area contributed by atoms with Crippen molar-refractivity contribution in [3.8, 4) is 5.75 Å².